The van der Waals surface area contributed by atoms with Crippen molar-refractivity contribution in [2.24, 2.45) is 11.8 Å². The van der Waals surface area contributed by atoms with E-state index in [1.54, 1.807) is 36.9 Å². The number of anilines is 2. The number of benzene rings is 1. The van der Waals surface area contributed by atoms with Gasteiger partial charge < -0.3 is 19.8 Å². The zero-order valence-corrected chi connectivity index (χ0v) is 22.6. The van der Waals surface area contributed by atoms with E-state index in [1.165, 1.54) is 0 Å². The van der Waals surface area contributed by atoms with Gasteiger partial charge in [-0.05, 0) is 83.1 Å². The average molecular weight is 524 g/mol. The molecule has 2 amide bonds. The fourth-order valence-corrected chi connectivity index (χ4v) is 5.92. The van der Waals surface area contributed by atoms with Crippen LogP contribution in [0, 0.1) is 25.7 Å². The Hall–Kier alpha value is -3.46. The summed E-state index contributed by atoms with van der Waals surface area (Å²) < 4.78 is 5.07. The number of hydrogen-bond acceptors (Lipinski definition) is 6. The first-order chi connectivity index (χ1) is 17.6. The van der Waals surface area contributed by atoms with E-state index in [-0.39, 0.29) is 28.7 Å². The lowest BCUT2D eigenvalue weighted by atomic mass is 9.82. The lowest BCUT2D eigenvalue weighted by molar-refractivity contribution is -0.123. The third kappa shape index (κ3) is 5.61. The molecule has 4 rings (SSSR count). The van der Waals surface area contributed by atoms with Crippen molar-refractivity contribution in [2.75, 3.05) is 10.2 Å². The lowest BCUT2D eigenvalue weighted by Crippen LogP contribution is -2.42. The number of nitrogens with zero attached hydrogens (tertiary/aromatic N) is 2. The third-order valence-corrected chi connectivity index (χ3v) is 8.13. The summed E-state index contributed by atoms with van der Waals surface area (Å²) in [5, 5.41) is 16.6. The Bertz CT molecular complexity index is 1280. The molecule has 0 radical (unpaired) electrons. The van der Waals surface area contributed by atoms with Gasteiger partial charge in [-0.1, -0.05) is 24.2 Å². The minimum Gasteiger partial charge on any atom is -0.477 e. The number of carboxylic acids is 1. The van der Waals surface area contributed by atoms with E-state index in [9.17, 15) is 19.5 Å². The predicted octanol–water partition coefficient (Wildman–Crippen LogP) is 6.54. The molecule has 2 N–H and O–H groups in total. The molecular weight excluding hydrogens is 490 g/mol. The van der Waals surface area contributed by atoms with E-state index in [4.69, 9.17) is 4.52 Å². The highest BCUT2D eigenvalue weighted by molar-refractivity contribution is 7.18. The van der Waals surface area contributed by atoms with Crippen LogP contribution in [-0.2, 0) is 4.79 Å². The highest BCUT2D eigenvalue weighted by Gasteiger charge is 2.33. The first kappa shape index (κ1) is 26.6. The Morgan fingerprint density at radius 2 is 1.76 bits per heavy atom. The largest absolute Gasteiger partial charge is 0.477 e. The maximum absolute atomic E-state index is 13.5. The fourth-order valence-electron chi connectivity index (χ4n) is 4.93. The number of thiophene rings is 1. The molecule has 196 valence electrons. The van der Waals surface area contributed by atoms with Crippen molar-refractivity contribution in [3.05, 3.63) is 52.2 Å². The van der Waals surface area contributed by atoms with Gasteiger partial charge in [0.1, 0.15) is 16.2 Å². The van der Waals surface area contributed by atoms with Crippen molar-refractivity contribution < 1.29 is 24.0 Å². The monoisotopic (exact) mass is 523 g/mol. The van der Waals surface area contributed by atoms with E-state index >= 15 is 0 Å². The number of carboxylic acid groups (broad SMARTS) is 1. The normalized spacial score (nSPS) is 17.6. The Labute approximate surface area is 220 Å². The van der Waals surface area contributed by atoms with Crippen LogP contribution >= 0.6 is 11.3 Å². The number of nitrogens with one attached hydrogen (secondary N) is 1. The number of rotatable bonds is 7. The number of amides is 2. The van der Waals surface area contributed by atoms with Gasteiger partial charge in [0, 0.05) is 22.5 Å². The van der Waals surface area contributed by atoms with Crippen molar-refractivity contribution in [2.45, 2.75) is 66.3 Å². The van der Waals surface area contributed by atoms with Crippen LogP contribution in [0.15, 0.2) is 34.9 Å². The Morgan fingerprint density at radius 3 is 2.30 bits per heavy atom. The predicted molar refractivity (Wildman–Crippen MR) is 144 cm³/mol. The molecule has 8 nitrogen and oxygen atoms in total. The molecule has 1 fully saturated rings. The maximum atomic E-state index is 13.5. The smallest absolute Gasteiger partial charge is 0.348 e. The van der Waals surface area contributed by atoms with Gasteiger partial charge in [0.15, 0.2) is 0 Å². The van der Waals surface area contributed by atoms with E-state index in [0.29, 0.717) is 34.3 Å². The standard InChI is InChI=1S/C28H33N3O5S/c1-15(2)31(27(33)20-8-6-16(3)7-9-20)22-14-23(37-25(22)28(34)35)19-10-12-21(13-11-19)29-26(32)24-17(4)30-36-18(24)5/h10-16,20H,6-9H2,1-5H3,(H,29,32)(H,34,35). The van der Waals surface area contributed by atoms with Crippen LogP contribution in [-0.4, -0.2) is 34.1 Å². The van der Waals surface area contributed by atoms with Gasteiger partial charge in [0.05, 0.1) is 11.4 Å². The maximum Gasteiger partial charge on any atom is 0.348 e. The zero-order chi connectivity index (χ0) is 26.9. The molecule has 2 aromatic heterocycles. The van der Waals surface area contributed by atoms with Crippen molar-refractivity contribution in [3.63, 3.8) is 0 Å². The molecule has 3 aromatic rings. The topological polar surface area (TPSA) is 113 Å². The highest BCUT2D eigenvalue weighted by Crippen LogP contribution is 2.40. The first-order valence-electron chi connectivity index (χ1n) is 12.6. The Kier molecular flexibility index (Phi) is 7.82. The minimum absolute atomic E-state index is 0.00568. The van der Waals surface area contributed by atoms with E-state index < -0.39 is 5.97 Å². The summed E-state index contributed by atoms with van der Waals surface area (Å²) in [6, 6.07) is 8.81. The van der Waals surface area contributed by atoms with Gasteiger partial charge in [-0.25, -0.2) is 4.79 Å². The fraction of sp³-hybridized carbons (Fsp3) is 0.429. The summed E-state index contributed by atoms with van der Waals surface area (Å²) in [4.78, 5) is 40.9. The molecule has 1 saturated carbocycles. The van der Waals surface area contributed by atoms with Crippen LogP contribution in [0.2, 0.25) is 0 Å². The molecule has 9 heteroatoms. The number of carbonyl (C=O) groups is 3. The second kappa shape index (κ2) is 10.9. The number of hydrogen-bond donors (Lipinski definition) is 2. The number of carbonyl (C=O) groups excluding carboxylic acids is 2. The average Bonchev–Trinajstić information content (AvgIpc) is 3.43. The molecule has 0 atom stereocenters. The van der Waals surface area contributed by atoms with Crippen molar-refractivity contribution in [3.8, 4) is 10.4 Å². The Balaban J connectivity index is 1.59. The molecule has 1 aliphatic carbocycles. The van der Waals surface area contributed by atoms with Crippen molar-refractivity contribution >= 4 is 40.5 Å². The van der Waals surface area contributed by atoms with Crippen LogP contribution in [0.5, 0.6) is 0 Å². The van der Waals surface area contributed by atoms with Gasteiger partial charge in [-0.15, -0.1) is 11.3 Å². The molecule has 1 aromatic carbocycles. The molecule has 0 saturated heterocycles. The molecule has 1 aliphatic rings. The van der Waals surface area contributed by atoms with Crippen LogP contribution in [0.3, 0.4) is 0 Å². The summed E-state index contributed by atoms with van der Waals surface area (Å²) in [5.74, 6) is -0.360. The summed E-state index contributed by atoms with van der Waals surface area (Å²) in [7, 11) is 0. The van der Waals surface area contributed by atoms with Gasteiger partial charge in [-0.3, -0.25) is 9.59 Å². The Morgan fingerprint density at radius 1 is 1.11 bits per heavy atom. The van der Waals surface area contributed by atoms with Crippen LogP contribution in [0.25, 0.3) is 10.4 Å². The van der Waals surface area contributed by atoms with Gasteiger partial charge in [-0.2, -0.15) is 0 Å². The molecule has 0 unspecified atom stereocenters. The van der Waals surface area contributed by atoms with E-state index in [2.05, 4.69) is 17.4 Å². The highest BCUT2D eigenvalue weighted by atomic mass is 32.1. The quantitative estimate of drug-likeness (QED) is 0.364. The SMILES string of the molecule is Cc1noc(C)c1C(=O)Nc1ccc(-c2cc(N(C(=O)C3CCC(C)CC3)C(C)C)c(C(=O)O)s2)cc1. The molecule has 0 spiro atoms. The lowest BCUT2D eigenvalue weighted by Gasteiger charge is -2.33. The first-order valence-corrected chi connectivity index (χ1v) is 13.4. The zero-order valence-electron chi connectivity index (χ0n) is 21.8. The molecule has 37 heavy (non-hydrogen) atoms. The summed E-state index contributed by atoms with van der Waals surface area (Å²) >= 11 is 1.15. The molecule has 0 aliphatic heterocycles. The number of aromatic nitrogens is 1. The van der Waals surface area contributed by atoms with Gasteiger partial charge >= 0.3 is 5.97 Å². The third-order valence-electron chi connectivity index (χ3n) is 6.97. The van der Waals surface area contributed by atoms with E-state index in [0.717, 1.165) is 47.5 Å². The summed E-state index contributed by atoms with van der Waals surface area (Å²) in [6.07, 6.45) is 3.71. The van der Waals surface area contributed by atoms with Crippen LogP contribution < -0.4 is 10.2 Å². The van der Waals surface area contributed by atoms with E-state index in [1.807, 2.05) is 26.0 Å². The molecule has 0 bridgehead atoms. The molecule has 2 heterocycles. The second-order valence-electron chi connectivity index (χ2n) is 10.1. The van der Waals surface area contributed by atoms with Crippen molar-refractivity contribution in [1.29, 1.82) is 0 Å². The van der Waals surface area contributed by atoms with Crippen LogP contribution in [0.4, 0.5) is 11.4 Å². The molecular formula is C28H33N3O5S. The van der Waals surface area contributed by atoms with Crippen LogP contribution in [0.1, 0.15) is 77.9 Å². The summed E-state index contributed by atoms with van der Waals surface area (Å²) in [6.45, 7) is 9.45. The van der Waals surface area contributed by atoms with Gasteiger partial charge in [0.25, 0.3) is 5.91 Å². The van der Waals surface area contributed by atoms with Crippen molar-refractivity contribution in [1.82, 2.24) is 5.16 Å². The second-order valence-corrected chi connectivity index (χ2v) is 11.2. The number of aryl methyl sites for hydroxylation is 2. The number of aromatic carboxylic acids is 1. The summed E-state index contributed by atoms with van der Waals surface area (Å²) in [5.41, 5.74) is 2.77. The minimum atomic E-state index is -1.05. The van der Waals surface area contributed by atoms with Gasteiger partial charge in [0.2, 0.25) is 5.91 Å².